The first kappa shape index (κ1) is 17.5. The molecule has 0 radical (unpaired) electrons. The molecule has 1 aromatic heterocycles. The Hall–Kier alpha value is -0.550. The SMILES string of the molecule is O=P(O)(O)CC(CCCc1cccnc1)CP(=O)(O)O. The fourth-order valence-corrected chi connectivity index (χ4v) is 4.23. The lowest BCUT2D eigenvalue weighted by Gasteiger charge is -2.18. The predicted octanol–water partition coefficient (Wildman–Crippen LogP) is 1.38. The molecule has 0 atom stereocenters. The van der Waals surface area contributed by atoms with Gasteiger partial charge in [-0.2, -0.15) is 0 Å². The summed E-state index contributed by atoms with van der Waals surface area (Å²) in [7, 11) is -8.55. The summed E-state index contributed by atoms with van der Waals surface area (Å²) in [6.07, 6.45) is 3.96. The lowest BCUT2D eigenvalue weighted by Crippen LogP contribution is -2.13. The number of nitrogens with zero attached hydrogens (tertiary/aromatic N) is 1. The Labute approximate surface area is 117 Å². The van der Waals surface area contributed by atoms with Crippen LogP contribution in [0, 0.1) is 5.92 Å². The Bertz CT molecular complexity index is 473. The first-order valence-corrected chi connectivity index (χ1v) is 9.73. The molecule has 0 bridgehead atoms. The number of rotatable bonds is 8. The zero-order valence-corrected chi connectivity index (χ0v) is 12.7. The van der Waals surface area contributed by atoms with Crippen LogP contribution in [0.3, 0.4) is 0 Å². The van der Waals surface area contributed by atoms with Crippen molar-refractivity contribution in [3.8, 4) is 0 Å². The zero-order valence-electron chi connectivity index (χ0n) is 10.9. The normalized spacial score (nSPS) is 12.8. The van der Waals surface area contributed by atoms with Gasteiger partial charge in [0, 0.05) is 12.4 Å². The molecule has 0 aliphatic carbocycles. The lowest BCUT2D eigenvalue weighted by molar-refractivity contribution is 0.346. The molecule has 1 aromatic rings. The maximum Gasteiger partial charge on any atom is 0.325 e. The van der Waals surface area contributed by atoms with Gasteiger partial charge in [-0.3, -0.25) is 14.1 Å². The van der Waals surface area contributed by atoms with Crippen LogP contribution in [0.15, 0.2) is 24.5 Å². The predicted molar refractivity (Wildman–Crippen MR) is 74.5 cm³/mol. The van der Waals surface area contributed by atoms with Crippen LogP contribution in [0.4, 0.5) is 0 Å². The van der Waals surface area contributed by atoms with Gasteiger partial charge in [0.15, 0.2) is 0 Å². The van der Waals surface area contributed by atoms with Crippen molar-refractivity contribution in [2.75, 3.05) is 12.3 Å². The molecule has 7 nitrogen and oxygen atoms in total. The Morgan fingerprint density at radius 1 is 1.10 bits per heavy atom. The van der Waals surface area contributed by atoms with Gasteiger partial charge in [-0.15, -0.1) is 0 Å². The van der Waals surface area contributed by atoms with Crippen LogP contribution in [0.1, 0.15) is 18.4 Å². The summed E-state index contributed by atoms with van der Waals surface area (Å²) in [6.45, 7) is 0. The van der Waals surface area contributed by atoms with Crippen LogP contribution in [0.2, 0.25) is 0 Å². The van der Waals surface area contributed by atoms with Gasteiger partial charge in [0.1, 0.15) is 0 Å². The maximum absolute atomic E-state index is 11.0. The number of hydrogen-bond acceptors (Lipinski definition) is 3. The number of hydrogen-bond donors (Lipinski definition) is 4. The average molecular weight is 323 g/mol. The molecule has 20 heavy (non-hydrogen) atoms. The van der Waals surface area contributed by atoms with E-state index in [4.69, 9.17) is 19.6 Å². The molecule has 0 amide bonds. The second-order valence-electron chi connectivity index (χ2n) is 4.81. The number of pyridine rings is 1. The smallest absolute Gasteiger partial charge is 0.324 e. The third kappa shape index (κ3) is 8.59. The van der Waals surface area contributed by atoms with Gasteiger partial charge in [-0.25, -0.2) is 0 Å². The molecule has 114 valence electrons. The Morgan fingerprint density at radius 3 is 2.15 bits per heavy atom. The van der Waals surface area contributed by atoms with Crippen LogP contribution >= 0.6 is 15.2 Å². The van der Waals surface area contributed by atoms with E-state index in [1.54, 1.807) is 18.5 Å². The minimum Gasteiger partial charge on any atom is -0.324 e. The van der Waals surface area contributed by atoms with Crippen molar-refractivity contribution < 1.29 is 28.7 Å². The third-order valence-electron chi connectivity index (χ3n) is 2.79. The monoisotopic (exact) mass is 323 g/mol. The molecule has 0 saturated heterocycles. The van der Waals surface area contributed by atoms with Crippen molar-refractivity contribution in [3.05, 3.63) is 30.1 Å². The number of aryl methyl sites for hydroxylation is 1. The summed E-state index contributed by atoms with van der Waals surface area (Å²) in [5, 5.41) is 0. The van der Waals surface area contributed by atoms with E-state index in [0.29, 0.717) is 19.3 Å². The van der Waals surface area contributed by atoms with E-state index >= 15 is 0 Å². The van der Waals surface area contributed by atoms with Crippen LogP contribution in [-0.2, 0) is 15.6 Å². The van der Waals surface area contributed by atoms with E-state index in [9.17, 15) is 9.13 Å². The summed E-state index contributed by atoms with van der Waals surface area (Å²) in [5.74, 6) is -0.687. The summed E-state index contributed by atoms with van der Waals surface area (Å²) in [6, 6.07) is 3.67. The highest BCUT2D eigenvalue weighted by Crippen LogP contribution is 2.44. The van der Waals surface area contributed by atoms with Crippen molar-refractivity contribution in [1.29, 1.82) is 0 Å². The van der Waals surface area contributed by atoms with Gasteiger partial charge < -0.3 is 19.6 Å². The van der Waals surface area contributed by atoms with Gasteiger partial charge in [0.2, 0.25) is 0 Å². The van der Waals surface area contributed by atoms with Gasteiger partial charge in [0.05, 0.1) is 12.3 Å². The van der Waals surface area contributed by atoms with Crippen molar-refractivity contribution >= 4 is 15.2 Å². The average Bonchev–Trinajstić information content (AvgIpc) is 2.25. The highest BCUT2D eigenvalue weighted by molar-refractivity contribution is 7.52. The summed E-state index contributed by atoms with van der Waals surface area (Å²) in [4.78, 5) is 39.7. The molecule has 0 unspecified atom stereocenters. The largest absolute Gasteiger partial charge is 0.325 e. The van der Waals surface area contributed by atoms with E-state index in [-0.39, 0.29) is 0 Å². The highest BCUT2D eigenvalue weighted by atomic mass is 31.2. The van der Waals surface area contributed by atoms with E-state index in [1.165, 1.54) is 0 Å². The summed E-state index contributed by atoms with van der Waals surface area (Å²) >= 11 is 0. The standard InChI is InChI=1S/C11H19NO6P2/c13-19(14,15)8-11(9-20(16,17)18)4-1-3-10-5-2-6-12-7-10/h2,5-7,11H,1,3-4,8-9H2,(H2,13,14,15)(H2,16,17,18). The van der Waals surface area contributed by atoms with Gasteiger partial charge in [-0.05, 0) is 36.8 Å². The molecule has 0 fully saturated rings. The topological polar surface area (TPSA) is 128 Å². The van der Waals surface area contributed by atoms with E-state index in [0.717, 1.165) is 5.56 Å². The summed E-state index contributed by atoms with van der Waals surface area (Å²) < 4.78 is 22.0. The molecular weight excluding hydrogens is 304 g/mol. The number of aromatic nitrogens is 1. The zero-order chi connectivity index (χ0) is 15.2. The molecule has 0 saturated carbocycles. The Morgan fingerprint density at radius 2 is 1.70 bits per heavy atom. The Balaban J connectivity index is 2.52. The lowest BCUT2D eigenvalue weighted by atomic mass is 10.0. The minimum absolute atomic E-state index is 0.352. The molecule has 1 heterocycles. The fourth-order valence-electron chi connectivity index (χ4n) is 2.05. The van der Waals surface area contributed by atoms with Crippen LogP contribution < -0.4 is 0 Å². The molecule has 0 aromatic carbocycles. The van der Waals surface area contributed by atoms with Crippen molar-refractivity contribution in [2.24, 2.45) is 5.92 Å². The molecule has 0 aliphatic rings. The van der Waals surface area contributed by atoms with Crippen LogP contribution in [0.25, 0.3) is 0 Å². The Kier molecular flexibility index (Phi) is 6.52. The molecule has 1 rings (SSSR count). The van der Waals surface area contributed by atoms with Crippen molar-refractivity contribution in [3.63, 3.8) is 0 Å². The summed E-state index contributed by atoms with van der Waals surface area (Å²) in [5.41, 5.74) is 0.985. The fraction of sp³-hybridized carbons (Fsp3) is 0.545. The molecule has 4 N–H and O–H groups in total. The minimum atomic E-state index is -4.28. The highest BCUT2D eigenvalue weighted by Gasteiger charge is 2.27. The van der Waals surface area contributed by atoms with E-state index in [2.05, 4.69) is 4.98 Å². The molecule has 9 heteroatoms. The van der Waals surface area contributed by atoms with Gasteiger partial charge in [-0.1, -0.05) is 6.07 Å². The van der Waals surface area contributed by atoms with Crippen molar-refractivity contribution in [2.45, 2.75) is 19.3 Å². The first-order chi connectivity index (χ1) is 9.16. The van der Waals surface area contributed by atoms with Crippen LogP contribution in [0.5, 0.6) is 0 Å². The first-order valence-electron chi connectivity index (χ1n) is 6.14. The maximum atomic E-state index is 11.0. The third-order valence-corrected chi connectivity index (χ3v) is 4.78. The molecular formula is C11H19NO6P2. The molecule has 0 aliphatic heterocycles. The second kappa shape index (κ2) is 7.46. The van der Waals surface area contributed by atoms with Crippen molar-refractivity contribution in [1.82, 2.24) is 4.98 Å². The van der Waals surface area contributed by atoms with E-state index < -0.39 is 33.4 Å². The van der Waals surface area contributed by atoms with E-state index in [1.807, 2.05) is 6.07 Å². The molecule has 0 spiro atoms. The van der Waals surface area contributed by atoms with Gasteiger partial charge in [0.25, 0.3) is 0 Å². The van der Waals surface area contributed by atoms with Crippen LogP contribution in [-0.4, -0.2) is 36.9 Å². The van der Waals surface area contributed by atoms with Gasteiger partial charge >= 0.3 is 15.2 Å². The quantitative estimate of drug-likeness (QED) is 0.532. The second-order valence-corrected chi connectivity index (χ2v) is 8.20.